The molecule has 6 nitrogen and oxygen atoms in total. The molecule has 9 heteroatoms. The van der Waals surface area contributed by atoms with Crippen molar-refractivity contribution in [3.8, 4) is 16.9 Å². The quantitative estimate of drug-likeness (QED) is 0.777. The molecule has 30 heavy (non-hydrogen) atoms. The highest BCUT2D eigenvalue weighted by molar-refractivity contribution is 6.05. The molecule has 0 aromatic heterocycles. The Bertz CT molecular complexity index is 962. The molecular formula is C21H22F3N5O. The van der Waals surface area contributed by atoms with Gasteiger partial charge in [-0.15, -0.1) is 13.2 Å². The number of rotatable bonds is 3. The molecule has 1 aliphatic heterocycles. The normalized spacial score (nSPS) is 18.7. The van der Waals surface area contributed by atoms with Gasteiger partial charge in [-0.1, -0.05) is 30.7 Å². The lowest BCUT2D eigenvalue weighted by Crippen LogP contribution is -2.58. The molecule has 0 bridgehead atoms. The number of ether oxygens (including phenoxy) is 1. The number of alkyl halides is 3. The van der Waals surface area contributed by atoms with Gasteiger partial charge in [-0.2, -0.15) is 4.99 Å². The van der Waals surface area contributed by atoms with E-state index in [4.69, 9.17) is 11.5 Å². The van der Waals surface area contributed by atoms with E-state index >= 15 is 0 Å². The molecule has 1 aliphatic carbocycles. The van der Waals surface area contributed by atoms with Gasteiger partial charge in [0.25, 0.3) is 0 Å². The second kappa shape index (κ2) is 7.55. The van der Waals surface area contributed by atoms with E-state index in [9.17, 15) is 13.2 Å². The summed E-state index contributed by atoms with van der Waals surface area (Å²) in [4.78, 5) is 10.7. The summed E-state index contributed by atoms with van der Waals surface area (Å²) in [5, 5.41) is 0. The van der Waals surface area contributed by atoms with E-state index in [0.29, 0.717) is 5.96 Å². The summed E-state index contributed by atoms with van der Waals surface area (Å²) < 4.78 is 40.9. The largest absolute Gasteiger partial charge is 0.573 e. The first kappa shape index (κ1) is 20.1. The van der Waals surface area contributed by atoms with Gasteiger partial charge in [-0.05, 0) is 61.1 Å². The van der Waals surface area contributed by atoms with Crippen LogP contribution in [0.4, 0.5) is 18.9 Å². The highest BCUT2D eigenvalue weighted by Gasteiger charge is 2.42. The van der Waals surface area contributed by atoms with Crippen LogP contribution in [0.1, 0.15) is 32.1 Å². The van der Waals surface area contributed by atoms with Gasteiger partial charge in [0.1, 0.15) is 11.4 Å². The lowest BCUT2D eigenvalue weighted by atomic mass is 9.87. The minimum atomic E-state index is -4.71. The molecule has 2 aromatic rings. The average Bonchev–Trinajstić information content (AvgIpc) is 2.68. The second-order valence-electron chi connectivity index (χ2n) is 7.44. The van der Waals surface area contributed by atoms with Crippen LogP contribution in [-0.4, -0.2) is 23.9 Å². The molecule has 4 N–H and O–H groups in total. The van der Waals surface area contributed by atoms with Crippen molar-refractivity contribution < 1.29 is 17.9 Å². The van der Waals surface area contributed by atoms with Crippen molar-refractivity contribution in [3.05, 3.63) is 48.5 Å². The fourth-order valence-corrected chi connectivity index (χ4v) is 4.15. The van der Waals surface area contributed by atoms with Gasteiger partial charge in [-0.3, -0.25) is 4.90 Å². The Hall–Kier alpha value is -3.23. The van der Waals surface area contributed by atoms with Crippen LogP contribution in [0.3, 0.4) is 0 Å². The molecule has 0 amide bonds. The van der Waals surface area contributed by atoms with Crippen LogP contribution in [0.15, 0.2) is 58.5 Å². The van der Waals surface area contributed by atoms with E-state index in [-0.39, 0.29) is 11.7 Å². The molecule has 0 atom stereocenters. The Morgan fingerprint density at radius 2 is 1.43 bits per heavy atom. The van der Waals surface area contributed by atoms with Crippen molar-refractivity contribution in [3.63, 3.8) is 0 Å². The van der Waals surface area contributed by atoms with Crippen LogP contribution in [0.2, 0.25) is 0 Å². The maximum absolute atomic E-state index is 12.3. The molecule has 2 aromatic carbocycles. The Labute approximate surface area is 172 Å². The number of benzene rings is 2. The topological polar surface area (TPSA) is 89.2 Å². The number of anilines is 1. The molecule has 1 spiro atoms. The molecule has 0 saturated heterocycles. The van der Waals surface area contributed by atoms with Crippen LogP contribution < -0.4 is 21.1 Å². The highest BCUT2D eigenvalue weighted by Crippen LogP contribution is 2.40. The summed E-state index contributed by atoms with van der Waals surface area (Å²) in [6.07, 6.45) is 0.184. The number of guanidine groups is 2. The number of aliphatic imine (C=N–C) groups is 2. The van der Waals surface area contributed by atoms with Gasteiger partial charge in [-0.25, -0.2) is 4.99 Å². The van der Waals surface area contributed by atoms with E-state index in [2.05, 4.69) is 14.7 Å². The maximum Gasteiger partial charge on any atom is 0.573 e. The molecule has 4 rings (SSSR count). The molecule has 2 aliphatic rings. The van der Waals surface area contributed by atoms with E-state index in [1.807, 2.05) is 29.2 Å². The van der Waals surface area contributed by atoms with E-state index in [0.717, 1.165) is 48.9 Å². The van der Waals surface area contributed by atoms with E-state index in [1.54, 1.807) is 12.1 Å². The van der Waals surface area contributed by atoms with Crippen LogP contribution in [-0.2, 0) is 0 Å². The summed E-state index contributed by atoms with van der Waals surface area (Å²) in [5.74, 6) is 0.254. The van der Waals surface area contributed by atoms with Crippen molar-refractivity contribution in [2.45, 2.75) is 44.1 Å². The smallest absolute Gasteiger partial charge is 0.406 e. The fraction of sp³-hybridized carbons (Fsp3) is 0.333. The predicted octanol–water partition coefficient (Wildman–Crippen LogP) is 4.36. The number of hydrogen-bond acceptors (Lipinski definition) is 6. The lowest BCUT2D eigenvalue weighted by molar-refractivity contribution is -0.274. The third kappa shape index (κ3) is 4.05. The standard InChI is InChI=1S/C21H22F3N5O/c22-21(23,24)30-17-10-6-15(7-11-17)14-4-8-16(9-5-14)29-19(26)27-18(25)28-20(29)12-2-1-3-13-20/h4-11H,1-3,12-13H2,(H4,25,26,27,28). The Balaban J connectivity index is 1.59. The first-order valence-electron chi connectivity index (χ1n) is 9.72. The summed E-state index contributed by atoms with van der Waals surface area (Å²) in [7, 11) is 0. The predicted molar refractivity (Wildman–Crippen MR) is 110 cm³/mol. The molecular weight excluding hydrogens is 395 g/mol. The van der Waals surface area contributed by atoms with Crippen molar-refractivity contribution in [1.82, 2.24) is 0 Å². The Morgan fingerprint density at radius 1 is 0.867 bits per heavy atom. The molecule has 0 unspecified atom stereocenters. The van der Waals surface area contributed by atoms with Crippen LogP contribution >= 0.6 is 0 Å². The SMILES string of the molecule is NC1=NC2(CCCCC2)N(c2ccc(-c3ccc(OC(F)(F)F)cc3)cc2)C(N)=N1. The highest BCUT2D eigenvalue weighted by atomic mass is 19.4. The van der Waals surface area contributed by atoms with Gasteiger partial charge in [0, 0.05) is 5.69 Å². The summed E-state index contributed by atoms with van der Waals surface area (Å²) >= 11 is 0. The van der Waals surface area contributed by atoms with Crippen LogP contribution in [0, 0.1) is 0 Å². The molecule has 0 radical (unpaired) electrons. The van der Waals surface area contributed by atoms with E-state index in [1.165, 1.54) is 12.1 Å². The van der Waals surface area contributed by atoms with Gasteiger partial charge in [0.2, 0.25) is 11.9 Å². The number of nitrogens with zero attached hydrogens (tertiary/aromatic N) is 3. The molecule has 158 valence electrons. The van der Waals surface area contributed by atoms with Crippen LogP contribution in [0.25, 0.3) is 11.1 Å². The number of nitrogens with two attached hydrogens (primary N) is 2. The van der Waals surface area contributed by atoms with Gasteiger partial charge >= 0.3 is 6.36 Å². The number of hydrogen-bond donors (Lipinski definition) is 2. The summed E-state index contributed by atoms with van der Waals surface area (Å²) in [6.45, 7) is 0. The van der Waals surface area contributed by atoms with Gasteiger partial charge < -0.3 is 16.2 Å². The minimum absolute atomic E-state index is 0.198. The fourth-order valence-electron chi connectivity index (χ4n) is 4.15. The third-order valence-corrected chi connectivity index (χ3v) is 5.40. The summed E-state index contributed by atoms with van der Waals surface area (Å²) in [5.41, 5.74) is 14.1. The van der Waals surface area contributed by atoms with E-state index < -0.39 is 12.0 Å². The third-order valence-electron chi connectivity index (χ3n) is 5.40. The zero-order valence-corrected chi connectivity index (χ0v) is 16.2. The minimum Gasteiger partial charge on any atom is -0.406 e. The molecule has 1 saturated carbocycles. The monoisotopic (exact) mass is 417 g/mol. The zero-order chi connectivity index (χ0) is 21.4. The summed E-state index contributed by atoms with van der Waals surface area (Å²) in [6, 6.07) is 13.3. The van der Waals surface area contributed by atoms with Crippen LogP contribution in [0.5, 0.6) is 5.75 Å². The zero-order valence-electron chi connectivity index (χ0n) is 16.2. The van der Waals surface area contributed by atoms with Crippen molar-refractivity contribution in [2.75, 3.05) is 4.90 Å². The van der Waals surface area contributed by atoms with Gasteiger partial charge in [0.05, 0.1) is 0 Å². The first-order valence-corrected chi connectivity index (χ1v) is 9.72. The van der Waals surface area contributed by atoms with Crippen molar-refractivity contribution in [1.29, 1.82) is 0 Å². The number of halogens is 3. The second-order valence-corrected chi connectivity index (χ2v) is 7.44. The molecule has 1 heterocycles. The van der Waals surface area contributed by atoms with Crippen molar-refractivity contribution >= 4 is 17.6 Å². The lowest BCUT2D eigenvalue weighted by Gasteiger charge is -2.45. The van der Waals surface area contributed by atoms with Gasteiger partial charge in [0.15, 0.2) is 0 Å². The average molecular weight is 417 g/mol. The first-order chi connectivity index (χ1) is 14.3. The van der Waals surface area contributed by atoms with Crippen molar-refractivity contribution in [2.24, 2.45) is 21.5 Å². The Kier molecular flexibility index (Phi) is 5.05. The Morgan fingerprint density at radius 3 is 2.00 bits per heavy atom. The molecule has 1 fully saturated rings. The maximum atomic E-state index is 12.3.